The lowest BCUT2D eigenvalue weighted by molar-refractivity contribution is -0.143. The summed E-state index contributed by atoms with van der Waals surface area (Å²) in [6.45, 7) is 0. The van der Waals surface area contributed by atoms with E-state index in [-0.39, 0.29) is 22.5 Å². The summed E-state index contributed by atoms with van der Waals surface area (Å²) in [7, 11) is 4.71. The maximum Gasteiger partial charge on any atom is 0.434 e. The molecule has 2 aromatic carbocycles. The molecule has 0 saturated carbocycles. The highest BCUT2D eigenvalue weighted by Crippen LogP contribution is 2.34. The molecule has 19 heteroatoms. The Morgan fingerprint density at radius 3 is 1.47 bits per heavy atom. The van der Waals surface area contributed by atoms with Gasteiger partial charge >= 0.3 is 12.4 Å². The lowest BCUT2D eigenvalue weighted by Gasteiger charge is -2.17. The van der Waals surface area contributed by atoms with E-state index in [1.807, 2.05) is 0 Å². The molecular weight excluding hydrogens is 733 g/mol. The number of phenols is 1. The van der Waals surface area contributed by atoms with E-state index >= 15 is 0 Å². The number of halogens is 9. The molecule has 0 radical (unpaired) electrons. The Kier molecular flexibility index (Phi) is 14.9. The van der Waals surface area contributed by atoms with E-state index in [1.54, 1.807) is 24.3 Å². The Labute approximate surface area is 290 Å². The van der Waals surface area contributed by atoms with Gasteiger partial charge in [-0.3, -0.25) is 19.3 Å². The first-order valence-electron chi connectivity index (χ1n) is 13.1. The number of phenolic OH excluding ortho intramolecular Hbond substituents is 1. The van der Waals surface area contributed by atoms with Crippen LogP contribution in [0.5, 0.6) is 17.4 Å². The van der Waals surface area contributed by atoms with Gasteiger partial charge in [0.1, 0.15) is 16.7 Å². The zero-order valence-corrected chi connectivity index (χ0v) is 27.9. The van der Waals surface area contributed by atoms with Gasteiger partial charge in [0, 0.05) is 30.2 Å². The highest BCUT2D eigenvalue weighted by molar-refractivity contribution is 6.31. The first-order chi connectivity index (χ1) is 22.8. The maximum atomic E-state index is 13.2. The van der Waals surface area contributed by atoms with Gasteiger partial charge < -0.3 is 9.84 Å². The molecule has 0 unspecified atom stereocenters. The summed E-state index contributed by atoms with van der Waals surface area (Å²) in [5, 5.41) is 10.8. The van der Waals surface area contributed by atoms with E-state index in [1.165, 1.54) is 44.4 Å². The second-order valence-electron chi connectivity index (χ2n) is 9.07. The molecule has 0 aliphatic rings. The van der Waals surface area contributed by atoms with Crippen molar-refractivity contribution in [2.45, 2.75) is 12.4 Å². The van der Waals surface area contributed by atoms with Crippen molar-refractivity contribution in [3.8, 4) is 17.4 Å². The largest absolute Gasteiger partial charge is 0.508 e. The van der Waals surface area contributed by atoms with Gasteiger partial charge in [0.2, 0.25) is 5.88 Å². The summed E-state index contributed by atoms with van der Waals surface area (Å²) in [5.74, 6) is -1.73. The molecule has 0 aliphatic carbocycles. The minimum absolute atomic E-state index is 0.245. The Morgan fingerprint density at radius 1 is 0.653 bits per heavy atom. The highest BCUT2D eigenvalue weighted by Gasteiger charge is 2.39. The number of aromatic nitrogens is 2. The fourth-order valence-corrected chi connectivity index (χ4v) is 3.68. The number of pyridine rings is 2. The molecule has 0 atom stereocenters. The monoisotopic (exact) mass is 756 g/mol. The van der Waals surface area contributed by atoms with Crippen LogP contribution in [-0.4, -0.2) is 65.3 Å². The molecule has 49 heavy (non-hydrogen) atoms. The van der Waals surface area contributed by atoms with Crippen molar-refractivity contribution in [3.05, 3.63) is 111 Å². The third kappa shape index (κ3) is 12.6. The molecule has 0 bridgehead atoms. The molecule has 0 aliphatic heterocycles. The highest BCUT2D eigenvalue weighted by atomic mass is 35.5. The van der Waals surface area contributed by atoms with E-state index in [0.717, 1.165) is 32.4 Å². The Morgan fingerprint density at radius 2 is 1.06 bits per heavy atom. The SMILES string of the molecule is CON(C)C(=O)c1ccc(Cl)nc1C(F)(F)F.CON(C)C(=O)c1ccc(Oc2ccc(Cl)cc2)nc1C(F)(F)F.Oc1ccc(Cl)cc1. The fraction of sp³-hybridized carbons (Fsp3) is 0.200. The average Bonchev–Trinajstić information content (AvgIpc) is 3.05. The topological polar surface area (TPSA) is 114 Å². The van der Waals surface area contributed by atoms with Crippen molar-refractivity contribution in [2.75, 3.05) is 28.3 Å². The number of alkyl halides is 6. The fourth-order valence-electron chi connectivity index (χ4n) is 3.28. The predicted octanol–water partition coefficient (Wildman–Crippen LogP) is 8.61. The summed E-state index contributed by atoms with van der Waals surface area (Å²) in [5.41, 5.74) is -3.96. The van der Waals surface area contributed by atoms with Gasteiger partial charge in [-0.05, 0) is 66.7 Å². The van der Waals surface area contributed by atoms with Crippen molar-refractivity contribution in [1.29, 1.82) is 0 Å². The smallest absolute Gasteiger partial charge is 0.434 e. The summed E-state index contributed by atoms with van der Waals surface area (Å²) < 4.78 is 82.7. The van der Waals surface area contributed by atoms with Crippen LogP contribution < -0.4 is 4.74 Å². The van der Waals surface area contributed by atoms with Gasteiger partial charge in [-0.25, -0.2) is 20.1 Å². The van der Waals surface area contributed by atoms with E-state index in [2.05, 4.69) is 19.6 Å². The lowest BCUT2D eigenvalue weighted by Crippen LogP contribution is -2.28. The normalized spacial score (nSPS) is 11.0. The van der Waals surface area contributed by atoms with Gasteiger partial charge in [-0.2, -0.15) is 26.3 Å². The average molecular weight is 758 g/mol. The van der Waals surface area contributed by atoms with Crippen molar-refractivity contribution in [1.82, 2.24) is 20.1 Å². The lowest BCUT2D eigenvalue weighted by atomic mass is 10.1. The standard InChI is InChI=1S/C15H12ClF3N2O3.C9H8ClF3N2O2.C6H5ClO/c1-21(23-2)14(22)11-7-8-12(20-13(11)15(17,18)19)24-10-5-3-9(16)4-6-10;1-15(17-2)8(16)5-3-4-6(10)14-7(5)9(11,12)13;7-5-1-3-6(8)4-2-5/h3-8H,1-2H3;3-4H,1-2H3;1-4,8H. The minimum atomic E-state index is -4.83. The number of hydroxylamine groups is 4. The minimum Gasteiger partial charge on any atom is -0.508 e. The number of carbonyl (C=O) groups excluding carboxylic acids is 2. The zero-order valence-electron chi connectivity index (χ0n) is 25.6. The predicted molar refractivity (Wildman–Crippen MR) is 166 cm³/mol. The van der Waals surface area contributed by atoms with Crippen molar-refractivity contribution < 1.29 is 55.5 Å². The number of rotatable bonds is 6. The van der Waals surface area contributed by atoms with E-state index < -0.39 is 46.7 Å². The van der Waals surface area contributed by atoms with Gasteiger partial charge in [0.25, 0.3) is 11.8 Å². The number of hydrogen-bond acceptors (Lipinski definition) is 8. The number of amides is 2. The van der Waals surface area contributed by atoms with Crippen LogP contribution in [0.4, 0.5) is 26.3 Å². The van der Waals surface area contributed by atoms with E-state index in [0.29, 0.717) is 20.2 Å². The Bertz CT molecular complexity index is 1690. The molecule has 264 valence electrons. The van der Waals surface area contributed by atoms with Crippen LogP contribution in [0, 0.1) is 0 Å². The molecule has 2 amide bonds. The van der Waals surface area contributed by atoms with Crippen LogP contribution in [0.15, 0.2) is 72.8 Å². The number of carbonyl (C=O) groups is 2. The quantitative estimate of drug-likeness (QED) is 0.118. The van der Waals surface area contributed by atoms with Crippen LogP contribution in [-0.2, 0) is 22.0 Å². The zero-order chi connectivity index (χ0) is 37.1. The second-order valence-corrected chi connectivity index (χ2v) is 10.3. The molecule has 10 nitrogen and oxygen atoms in total. The van der Waals surface area contributed by atoms with Gasteiger partial charge in [-0.15, -0.1) is 0 Å². The van der Waals surface area contributed by atoms with Gasteiger partial charge in [0.05, 0.1) is 25.3 Å². The van der Waals surface area contributed by atoms with Crippen LogP contribution >= 0.6 is 34.8 Å². The maximum absolute atomic E-state index is 13.2. The van der Waals surface area contributed by atoms with Crippen LogP contribution in [0.25, 0.3) is 0 Å². The number of ether oxygens (including phenoxy) is 1. The molecule has 1 N–H and O–H groups in total. The molecule has 4 aromatic rings. The third-order valence-corrected chi connectivity index (χ3v) is 6.43. The van der Waals surface area contributed by atoms with Gasteiger partial charge in [-0.1, -0.05) is 34.8 Å². The number of benzene rings is 2. The van der Waals surface area contributed by atoms with Crippen molar-refractivity contribution in [2.24, 2.45) is 0 Å². The molecule has 4 rings (SSSR count). The second kappa shape index (κ2) is 17.9. The third-order valence-electron chi connectivity index (χ3n) is 5.71. The molecule has 0 spiro atoms. The van der Waals surface area contributed by atoms with Crippen molar-refractivity contribution in [3.63, 3.8) is 0 Å². The Balaban J connectivity index is 0.000000288. The number of aromatic hydroxyl groups is 1. The van der Waals surface area contributed by atoms with Gasteiger partial charge in [0.15, 0.2) is 11.4 Å². The van der Waals surface area contributed by atoms with Crippen LogP contribution in [0.3, 0.4) is 0 Å². The van der Waals surface area contributed by atoms with Crippen molar-refractivity contribution >= 4 is 46.6 Å². The summed E-state index contributed by atoms with van der Waals surface area (Å²) in [6, 6.07) is 16.6. The summed E-state index contributed by atoms with van der Waals surface area (Å²) in [6.07, 6.45) is -9.59. The number of nitrogens with zero attached hydrogens (tertiary/aromatic N) is 4. The summed E-state index contributed by atoms with van der Waals surface area (Å²) >= 11 is 16.6. The first kappa shape index (κ1) is 40.8. The Hall–Kier alpha value is -4.35. The van der Waals surface area contributed by atoms with Crippen LogP contribution in [0.2, 0.25) is 15.2 Å². The molecule has 0 saturated heterocycles. The molecule has 2 heterocycles. The first-order valence-corrected chi connectivity index (χ1v) is 14.3. The van der Waals surface area contributed by atoms with E-state index in [4.69, 9.17) is 44.6 Å². The molecule has 0 fully saturated rings. The molecular formula is C30H25Cl3F6N4O6. The summed E-state index contributed by atoms with van der Waals surface area (Å²) in [4.78, 5) is 39.2. The molecule has 2 aromatic heterocycles. The van der Waals surface area contributed by atoms with Crippen LogP contribution in [0.1, 0.15) is 32.1 Å². The van der Waals surface area contributed by atoms with E-state index in [9.17, 15) is 35.9 Å². The number of hydrogen-bond donors (Lipinski definition) is 1.